The SMILES string of the molecule is O=C(Nc1nc(-c2ccc(F)c(C(F)(F)F)c2)ns1)c1ccc(Nc2cc(OCC3CC3)ncn2)cc1. The molecule has 0 atom stereocenters. The molecule has 5 rings (SSSR count). The van der Waals surface area contributed by atoms with Gasteiger partial charge in [0.15, 0.2) is 5.82 Å². The lowest BCUT2D eigenvalue weighted by Gasteiger charge is -2.09. The van der Waals surface area contributed by atoms with Crippen molar-refractivity contribution in [3.8, 4) is 17.3 Å². The van der Waals surface area contributed by atoms with Crippen LogP contribution in [0.25, 0.3) is 11.4 Å². The number of hydrogen-bond donors (Lipinski definition) is 2. The standard InChI is InChI=1S/C24H18F4N6O2S/c25-18-8-5-15(9-17(18)24(26,27)28)21-32-23(37-34-21)33-22(35)14-3-6-16(7-4-14)31-19-10-20(30-12-29-19)36-11-13-1-2-13/h3-10,12-13H,1-2,11H2,(H,29,30,31)(H,32,33,34,35). The van der Waals surface area contributed by atoms with Crippen LogP contribution in [0.5, 0.6) is 5.88 Å². The molecular weight excluding hydrogens is 512 g/mol. The van der Waals surface area contributed by atoms with Crippen LogP contribution in [0.15, 0.2) is 54.9 Å². The highest BCUT2D eigenvalue weighted by atomic mass is 32.1. The van der Waals surface area contributed by atoms with Gasteiger partial charge in [-0.1, -0.05) is 0 Å². The van der Waals surface area contributed by atoms with Gasteiger partial charge in [-0.05, 0) is 61.2 Å². The van der Waals surface area contributed by atoms with Crippen molar-refractivity contribution in [1.29, 1.82) is 0 Å². The van der Waals surface area contributed by atoms with Crippen LogP contribution in [-0.2, 0) is 6.18 Å². The molecule has 0 radical (unpaired) electrons. The van der Waals surface area contributed by atoms with Gasteiger partial charge in [-0.15, -0.1) is 0 Å². The summed E-state index contributed by atoms with van der Waals surface area (Å²) in [5.41, 5.74) is -0.437. The number of nitrogens with zero attached hydrogens (tertiary/aromatic N) is 4. The van der Waals surface area contributed by atoms with E-state index in [0.717, 1.165) is 17.6 Å². The first-order valence-electron chi connectivity index (χ1n) is 11.1. The molecular formula is C24H18F4N6O2S. The van der Waals surface area contributed by atoms with E-state index in [9.17, 15) is 22.4 Å². The van der Waals surface area contributed by atoms with Crippen molar-refractivity contribution in [2.75, 3.05) is 17.2 Å². The Bertz CT molecular complexity index is 1420. The maximum Gasteiger partial charge on any atom is 0.419 e. The maximum absolute atomic E-state index is 13.5. The number of rotatable bonds is 8. The second-order valence-corrected chi connectivity index (χ2v) is 9.02. The Kier molecular flexibility index (Phi) is 6.70. The zero-order valence-electron chi connectivity index (χ0n) is 18.9. The molecule has 8 nitrogen and oxygen atoms in total. The predicted molar refractivity (Wildman–Crippen MR) is 128 cm³/mol. The molecule has 0 aliphatic heterocycles. The van der Waals surface area contributed by atoms with Gasteiger partial charge in [0, 0.05) is 34.4 Å². The summed E-state index contributed by atoms with van der Waals surface area (Å²) in [6.07, 6.45) is -1.10. The van der Waals surface area contributed by atoms with Gasteiger partial charge in [-0.25, -0.2) is 14.4 Å². The second kappa shape index (κ2) is 10.1. The van der Waals surface area contributed by atoms with Crippen LogP contribution in [0.4, 0.5) is 34.2 Å². The fourth-order valence-electron chi connectivity index (χ4n) is 3.27. The third kappa shape index (κ3) is 6.17. The van der Waals surface area contributed by atoms with Crippen molar-refractivity contribution in [2.45, 2.75) is 19.0 Å². The quantitative estimate of drug-likeness (QED) is 0.272. The number of benzene rings is 2. The Morgan fingerprint density at radius 2 is 1.86 bits per heavy atom. The molecule has 2 aromatic heterocycles. The average molecular weight is 531 g/mol. The number of amides is 1. The van der Waals surface area contributed by atoms with Crippen molar-refractivity contribution in [3.63, 3.8) is 0 Å². The number of ether oxygens (including phenoxy) is 1. The van der Waals surface area contributed by atoms with Crippen molar-refractivity contribution in [1.82, 2.24) is 19.3 Å². The van der Waals surface area contributed by atoms with E-state index in [1.165, 1.54) is 19.2 Å². The minimum absolute atomic E-state index is 0.0216. The van der Waals surface area contributed by atoms with Crippen LogP contribution >= 0.6 is 11.5 Å². The van der Waals surface area contributed by atoms with E-state index in [1.54, 1.807) is 30.3 Å². The number of carbonyl (C=O) groups is 1. The topological polar surface area (TPSA) is 102 Å². The van der Waals surface area contributed by atoms with Crippen LogP contribution < -0.4 is 15.4 Å². The third-order valence-electron chi connectivity index (χ3n) is 5.40. The minimum Gasteiger partial charge on any atom is -0.477 e. The first kappa shape index (κ1) is 24.6. The van der Waals surface area contributed by atoms with Gasteiger partial charge in [0.1, 0.15) is 18.0 Å². The van der Waals surface area contributed by atoms with E-state index >= 15 is 0 Å². The molecule has 1 saturated carbocycles. The zero-order valence-corrected chi connectivity index (χ0v) is 19.7. The monoisotopic (exact) mass is 530 g/mol. The van der Waals surface area contributed by atoms with Crippen molar-refractivity contribution >= 4 is 34.1 Å². The first-order chi connectivity index (χ1) is 17.7. The van der Waals surface area contributed by atoms with E-state index in [2.05, 4.69) is 30.0 Å². The molecule has 1 amide bonds. The largest absolute Gasteiger partial charge is 0.477 e. The number of aromatic nitrogens is 4. The molecule has 2 N–H and O–H groups in total. The lowest BCUT2D eigenvalue weighted by atomic mass is 10.1. The number of alkyl halides is 3. The molecule has 1 fully saturated rings. The summed E-state index contributed by atoms with van der Waals surface area (Å²) < 4.78 is 62.1. The summed E-state index contributed by atoms with van der Waals surface area (Å²) in [5, 5.41) is 5.76. The van der Waals surface area contributed by atoms with Crippen LogP contribution in [0.3, 0.4) is 0 Å². The summed E-state index contributed by atoms with van der Waals surface area (Å²) in [5.74, 6) is -0.319. The molecule has 2 heterocycles. The molecule has 2 aromatic carbocycles. The number of nitrogens with one attached hydrogen (secondary N) is 2. The van der Waals surface area contributed by atoms with E-state index in [4.69, 9.17) is 4.74 Å². The molecule has 37 heavy (non-hydrogen) atoms. The van der Waals surface area contributed by atoms with Gasteiger partial charge in [0.05, 0.1) is 12.2 Å². The third-order valence-corrected chi connectivity index (χ3v) is 6.03. The van der Waals surface area contributed by atoms with Crippen molar-refractivity contribution < 1.29 is 27.1 Å². The fraction of sp³-hybridized carbons (Fsp3) is 0.208. The van der Waals surface area contributed by atoms with Crippen molar-refractivity contribution in [3.05, 3.63) is 71.8 Å². The smallest absolute Gasteiger partial charge is 0.419 e. The highest BCUT2D eigenvalue weighted by molar-refractivity contribution is 7.10. The lowest BCUT2D eigenvalue weighted by molar-refractivity contribution is -0.139. The zero-order chi connectivity index (χ0) is 26.0. The summed E-state index contributed by atoms with van der Waals surface area (Å²) in [6, 6.07) is 10.7. The van der Waals surface area contributed by atoms with Gasteiger partial charge >= 0.3 is 6.18 Å². The molecule has 0 saturated heterocycles. The molecule has 4 aromatic rings. The van der Waals surface area contributed by atoms with Crippen LogP contribution in [0.2, 0.25) is 0 Å². The van der Waals surface area contributed by atoms with E-state index < -0.39 is 23.5 Å². The fourth-order valence-corrected chi connectivity index (χ4v) is 3.85. The summed E-state index contributed by atoms with van der Waals surface area (Å²) >= 11 is 0.794. The molecule has 0 bridgehead atoms. The summed E-state index contributed by atoms with van der Waals surface area (Å²) in [4.78, 5) is 24.9. The van der Waals surface area contributed by atoms with Crippen LogP contribution in [0, 0.1) is 11.7 Å². The first-order valence-corrected chi connectivity index (χ1v) is 11.9. The minimum atomic E-state index is -4.85. The van der Waals surface area contributed by atoms with E-state index in [1.807, 2.05) is 0 Å². The second-order valence-electron chi connectivity index (χ2n) is 8.27. The van der Waals surface area contributed by atoms with Gasteiger partial charge in [-0.2, -0.15) is 22.5 Å². The maximum atomic E-state index is 13.5. The molecule has 1 aliphatic rings. The average Bonchev–Trinajstić information content (AvgIpc) is 3.59. The molecule has 1 aliphatic carbocycles. The molecule has 0 unspecified atom stereocenters. The van der Waals surface area contributed by atoms with E-state index in [-0.39, 0.29) is 16.5 Å². The Labute approximate surface area is 211 Å². The normalized spacial score (nSPS) is 13.3. The Balaban J connectivity index is 1.21. The Morgan fingerprint density at radius 1 is 1.08 bits per heavy atom. The van der Waals surface area contributed by atoms with Gasteiger partial charge < -0.3 is 10.1 Å². The van der Waals surface area contributed by atoms with Crippen LogP contribution in [-0.4, -0.2) is 31.8 Å². The number of hydrogen-bond acceptors (Lipinski definition) is 8. The van der Waals surface area contributed by atoms with Crippen molar-refractivity contribution in [2.24, 2.45) is 5.92 Å². The Morgan fingerprint density at radius 3 is 2.59 bits per heavy atom. The highest BCUT2D eigenvalue weighted by Gasteiger charge is 2.34. The van der Waals surface area contributed by atoms with Gasteiger partial charge in [0.2, 0.25) is 11.0 Å². The lowest BCUT2D eigenvalue weighted by Crippen LogP contribution is -2.11. The summed E-state index contributed by atoms with van der Waals surface area (Å²) in [6.45, 7) is 0.634. The van der Waals surface area contributed by atoms with Crippen LogP contribution in [0.1, 0.15) is 28.8 Å². The Hall–Kier alpha value is -4.13. The molecule has 0 spiro atoms. The predicted octanol–water partition coefficient (Wildman–Crippen LogP) is 5.94. The molecule has 13 heteroatoms. The number of halogens is 4. The van der Waals surface area contributed by atoms with E-state index in [0.29, 0.717) is 47.6 Å². The molecule has 190 valence electrons. The van der Waals surface area contributed by atoms with Gasteiger partial charge in [-0.3, -0.25) is 10.1 Å². The van der Waals surface area contributed by atoms with Gasteiger partial charge in [0.25, 0.3) is 5.91 Å². The number of anilines is 3. The number of carbonyl (C=O) groups excluding carboxylic acids is 1. The highest BCUT2D eigenvalue weighted by Crippen LogP contribution is 2.34. The summed E-state index contributed by atoms with van der Waals surface area (Å²) in [7, 11) is 0.